The minimum atomic E-state index is -0.385. The van der Waals surface area contributed by atoms with E-state index in [2.05, 4.69) is 30.8 Å². The number of carbonyl (C=O) groups is 1. The summed E-state index contributed by atoms with van der Waals surface area (Å²) in [4.78, 5) is 13.7. The van der Waals surface area contributed by atoms with Crippen LogP contribution in [0.5, 0.6) is 0 Å². The summed E-state index contributed by atoms with van der Waals surface area (Å²) in [6.07, 6.45) is 0. The van der Waals surface area contributed by atoms with Gasteiger partial charge in [-0.2, -0.15) is 5.21 Å². The first-order valence-electron chi connectivity index (χ1n) is 5.43. The van der Waals surface area contributed by atoms with Crippen LogP contribution < -0.4 is 5.32 Å². The molecule has 1 heterocycles. The minimum absolute atomic E-state index is 0.0207. The molecule has 1 amide bonds. The summed E-state index contributed by atoms with van der Waals surface area (Å²) in [5.41, 5.74) is 1.88. The Morgan fingerprint density at radius 3 is 2.61 bits per heavy atom. The lowest BCUT2D eigenvalue weighted by atomic mass is 10.2. The van der Waals surface area contributed by atoms with Gasteiger partial charge in [0.2, 0.25) is 0 Å². The van der Waals surface area contributed by atoms with Crippen molar-refractivity contribution >= 4 is 11.6 Å². The molecule has 94 valence electrons. The van der Waals surface area contributed by atoms with Gasteiger partial charge in [-0.1, -0.05) is 12.1 Å². The SMILES string of the molecule is CN(C)Cc1ccc(NC(=O)c2nn[nH]n2)cc1. The largest absolute Gasteiger partial charge is 0.319 e. The number of amides is 1. The predicted octanol–water partition coefficient (Wildman–Crippen LogP) is 0.514. The Morgan fingerprint density at radius 1 is 1.33 bits per heavy atom. The molecule has 0 aliphatic heterocycles. The molecule has 0 radical (unpaired) electrons. The lowest BCUT2D eigenvalue weighted by molar-refractivity contribution is 0.101. The van der Waals surface area contributed by atoms with Gasteiger partial charge in [-0.25, -0.2) is 0 Å². The van der Waals surface area contributed by atoms with E-state index in [0.29, 0.717) is 5.69 Å². The van der Waals surface area contributed by atoms with Crippen molar-refractivity contribution < 1.29 is 4.79 Å². The summed E-state index contributed by atoms with van der Waals surface area (Å²) in [6.45, 7) is 0.860. The van der Waals surface area contributed by atoms with Crippen LogP contribution in [0.15, 0.2) is 24.3 Å². The Balaban J connectivity index is 2.00. The third-order valence-corrected chi connectivity index (χ3v) is 2.26. The fraction of sp³-hybridized carbons (Fsp3) is 0.273. The Kier molecular flexibility index (Phi) is 3.63. The van der Waals surface area contributed by atoms with E-state index in [0.717, 1.165) is 6.54 Å². The first-order chi connectivity index (χ1) is 8.65. The van der Waals surface area contributed by atoms with Crippen molar-refractivity contribution in [2.45, 2.75) is 6.54 Å². The maximum absolute atomic E-state index is 11.6. The van der Waals surface area contributed by atoms with Crippen LogP contribution in [-0.2, 0) is 6.54 Å². The highest BCUT2D eigenvalue weighted by molar-refractivity contribution is 6.01. The number of H-pyrrole nitrogens is 1. The van der Waals surface area contributed by atoms with E-state index >= 15 is 0 Å². The summed E-state index contributed by atoms with van der Waals surface area (Å²) in [6, 6.07) is 7.62. The molecule has 0 aliphatic carbocycles. The van der Waals surface area contributed by atoms with Crippen LogP contribution in [0.3, 0.4) is 0 Å². The van der Waals surface area contributed by atoms with E-state index < -0.39 is 0 Å². The number of aromatic amines is 1. The molecule has 0 bridgehead atoms. The second kappa shape index (κ2) is 5.37. The van der Waals surface area contributed by atoms with Gasteiger partial charge in [-0.3, -0.25) is 4.79 Å². The molecule has 7 nitrogen and oxygen atoms in total. The number of rotatable bonds is 4. The van der Waals surface area contributed by atoms with Gasteiger partial charge >= 0.3 is 0 Å². The molecule has 7 heteroatoms. The molecular formula is C11H14N6O. The molecule has 2 rings (SSSR count). The molecule has 0 spiro atoms. The third-order valence-electron chi connectivity index (χ3n) is 2.26. The van der Waals surface area contributed by atoms with Gasteiger partial charge in [-0.15, -0.1) is 10.2 Å². The topological polar surface area (TPSA) is 86.8 Å². The average Bonchev–Trinajstić information content (AvgIpc) is 2.84. The fourth-order valence-electron chi connectivity index (χ4n) is 1.50. The van der Waals surface area contributed by atoms with Gasteiger partial charge < -0.3 is 10.2 Å². The van der Waals surface area contributed by atoms with E-state index in [-0.39, 0.29) is 11.7 Å². The maximum Gasteiger partial charge on any atom is 0.297 e. The summed E-state index contributed by atoms with van der Waals surface area (Å²) in [5, 5.41) is 15.5. The minimum Gasteiger partial charge on any atom is -0.319 e. The van der Waals surface area contributed by atoms with Crippen molar-refractivity contribution in [1.82, 2.24) is 25.5 Å². The monoisotopic (exact) mass is 246 g/mol. The average molecular weight is 246 g/mol. The second-order valence-electron chi connectivity index (χ2n) is 4.12. The van der Waals surface area contributed by atoms with Gasteiger partial charge in [0.1, 0.15) is 0 Å². The summed E-state index contributed by atoms with van der Waals surface area (Å²) >= 11 is 0. The van der Waals surface area contributed by atoms with Crippen molar-refractivity contribution in [1.29, 1.82) is 0 Å². The van der Waals surface area contributed by atoms with Crippen LogP contribution in [0.25, 0.3) is 0 Å². The molecule has 0 atom stereocenters. The second-order valence-corrected chi connectivity index (χ2v) is 4.12. The highest BCUT2D eigenvalue weighted by atomic mass is 16.2. The third kappa shape index (κ3) is 3.11. The van der Waals surface area contributed by atoms with Crippen molar-refractivity contribution in [3.05, 3.63) is 35.7 Å². The Bertz CT molecular complexity index is 505. The van der Waals surface area contributed by atoms with Gasteiger partial charge in [0.25, 0.3) is 11.7 Å². The van der Waals surface area contributed by atoms with Crippen LogP contribution >= 0.6 is 0 Å². The van der Waals surface area contributed by atoms with Gasteiger partial charge in [0.05, 0.1) is 0 Å². The van der Waals surface area contributed by atoms with E-state index in [4.69, 9.17) is 0 Å². The van der Waals surface area contributed by atoms with Crippen LogP contribution in [0.4, 0.5) is 5.69 Å². The first-order valence-corrected chi connectivity index (χ1v) is 5.43. The number of nitrogens with zero attached hydrogens (tertiary/aromatic N) is 4. The van der Waals surface area contributed by atoms with Crippen LogP contribution in [0, 0.1) is 0 Å². The molecule has 0 aliphatic rings. The zero-order valence-electron chi connectivity index (χ0n) is 10.2. The van der Waals surface area contributed by atoms with Crippen molar-refractivity contribution in [2.24, 2.45) is 0 Å². The summed E-state index contributed by atoms with van der Waals surface area (Å²) in [7, 11) is 4.01. The van der Waals surface area contributed by atoms with Crippen LogP contribution in [-0.4, -0.2) is 45.5 Å². The van der Waals surface area contributed by atoms with E-state index in [9.17, 15) is 4.79 Å². The van der Waals surface area contributed by atoms with Crippen molar-refractivity contribution in [3.63, 3.8) is 0 Å². The maximum atomic E-state index is 11.6. The lowest BCUT2D eigenvalue weighted by Crippen LogP contribution is -2.14. The number of anilines is 1. The van der Waals surface area contributed by atoms with E-state index in [1.54, 1.807) is 0 Å². The fourth-order valence-corrected chi connectivity index (χ4v) is 1.50. The number of carbonyl (C=O) groups excluding carboxylic acids is 1. The lowest BCUT2D eigenvalue weighted by Gasteiger charge is -2.10. The molecule has 2 N–H and O–H groups in total. The normalized spacial score (nSPS) is 10.6. The quantitative estimate of drug-likeness (QED) is 0.821. The van der Waals surface area contributed by atoms with Gasteiger partial charge in [-0.05, 0) is 37.0 Å². The highest BCUT2D eigenvalue weighted by Gasteiger charge is 2.10. The predicted molar refractivity (Wildman–Crippen MR) is 66.0 cm³/mol. The Labute approximate surface area is 104 Å². The van der Waals surface area contributed by atoms with Crippen LogP contribution in [0.1, 0.15) is 16.2 Å². The molecule has 1 aromatic carbocycles. The summed E-state index contributed by atoms with van der Waals surface area (Å²) < 4.78 is 0. The molecule has 0 saturated carbocycles. The first kappa shape index (κ1) is 12.2. The molecule has 0 saturated heterocycles. The molecular weight excluding hydrogens is 232 g/mol. The Hall–Kier alpha value is -2.28. The zero-order valence-corrected chi connectivity index (χ0v) is 10.2. The number of hydrogen-bond acceptors (Lipinski definition) is 5. The zero-order chi connectivity index (χ0) is 13.0. The van der Waals surface area contributed by atoms with E-state index in [1.165, 1.54) is 5.56 Å². The Morgan fingerprint density at radius 2 is 2.06 bits per heavy atom. The number of tetrazole rings is 1. The smallest absolute Gasteiger partial charge is 0.297 e. The molecule has 0 unspecified atom stereocenters. The summed E-state index contributed by atoms with van der Waals surface area (Å²) in [5.74, 6) is -0.364. The number of hydrogen-bond donors (Lipinski definition) is 2. The van der Waals surface area contributed by atoms with Crippen molar-refractivity contribution in [3.8, 4) is 0 Å². The molecule has 2 aromatic rings. The number of aromatic nitrogens is 4. The molecule has 0 fully saturated rings. The van der Waals surface area contributed by atoms with Crippen LogP contribution in [0.2, 0.25) is 0 Å². The van der Waals surface area contributed by atoms with Crippen molar-refractivity contribution in [2.75, 3.05) is 19.4 Å². The molecule has 1 aromatic heterocycles. The standard InChI is InChI=1S/C11H14N6O/c1-17(2)7-8-3-5-9(6-4-8)12-11(18)10-13-15-16-14-10/h3-6H,7H2,1-2H3,(H,12,18)(H,13,14,15,16). The molecule has 18 heavy (non-hydrogen) atoms. The van der Waals surface area contributed by atoms with Gasteiger partial charge in [0.15, 0.2) is 0 Å². The van der Waals surface area contributed by atoms with E-state index in [1.807, 2.05) is 38.4 Å². The van der Waals surface area contributed by atoms with Gasteiger partial charge in [0, 0.05) is 12.2 Å². The number of benzene rings is 1. The highest BCUT2D eigenvalue weighted by Crippen LogP contribution is 2.11. The number of nitrogens with one attached hydrogen (secondary N) is 2.